The molecule has 0 aliphatic heterocycles. The van der Waals surface area contributed by atoms with Crippen molar-refractivity contribution in [2.75, 3.05) is 6.61 Å². The summed E-state index contributed by atoms with van der Waals surface area (Å²) >= 11 is 0. The molecule has 2 nitrogen and oxygen atoms in total. The predicted octanol–water partition coefficient (Wildman–Crippen LogP) is 7.77. The van der Waals surface area contributed by atoms with Crippen molar-refractivity contribution in [3.63, 3.8) is 0 Å². The highest BCUT2D eigenvalue weighted by atomic mass is 16.5. The fourth-order valence-corrected chi connectivity index (χ4v) is 3.73. The maximum atomic E-state index is 11.8. The summed E-state index contributed by atoms with van der Waals surface area (Å²) in [5, 5.41) is 0. The maximum Gasteiger partial charge on any atom is 0.331 e. The van der Waals surface area contributed by atoms with E-state index in [4.69, 9.17) is 4.74 Å². The van der Waals surface area contributed by atoms with E-state index in [0.29, 0.717) is 0 Å². The summed E-state index contributed by atoms with van der Waals surface area (Å²) < 4.78 is 5.23. The van der Waals surface area contributed by atoms with Crippen molar-refractivity contribution in [2.45, 2.75) is 53.9 Å². The van der Waals surface area contributed by atoms with E-state index in [1.165, 1.54) is 42.1 Å². The number of rotatable bonds is 8. The van der Waals surface area contributed by atoms with Gasteiger partial charge in [-0.15, -0.1) is 0 Å². The SMILES string of the molecule is CC1=C(/C=C/C(C)=C/C=C/C(C)=C/COC(=O)/C=C/c2ccccc2)C(C)(C)CCC1. The smallest absolute Gasteiger partial charge is 0.331 e. The molecule has 0 fully saturated rings. The molecule has 0 atom stereocenters. The van der Waals surface area contributed by atoms with Crippen LogP contribution >= 0.6 is 0 Å². The monoisotopic (exact) mass is 416 g/mol. The molecule has 0 aromatic heterocycles. The van der Waals surface area contributed by atoms with Crippen LogP contribution in [0.3, 0.4) is 0 Å². The van der Waals surface area contributed by atoms with Crippen LogP contribution in [0.2, 0.25) is 0 Å². The van der Waals surface area contributed by atoms with Gasteiger partial charge in [0.2, 0.25) is 0 Å². The van der Waals surface area contributed by atoms with Crippen LogP contribution in [-0.4, -0.2) is 12.6 Å². The Morgan fingerprint density at radius 1 is 1.03 bits per heavy atom. The minimum atomic E-state index is -0.340. The lowest BCUT2D eigenvalue weighted by Crippen LogP contribution is -2.19. The van der Waals surface area contributed by atoms with Crippen molar-refractivity contribution in [2.24, 2.45) is 5.41 Å². The second-order valence-corrected chi connectivity index (χ2v) is 8.86. The lowest BCUT2D eigenvalue weighted by molar-refractivity contribution is -0.136. The molecule has 31 heavy (non-hydrogen) atoms. The van der Waals surface area contributed by atoms with Crippen molar-refractivity contribution >= 4 is 12.0 Å². The normalized spacial score (nSPS) is 17.8. The summed E-state index contributed by atoms with van der Waals surface area (Å²) in [5.41, 5.74) is 6.51. The standard InChI is InChI=1S/C29H36O2/c1-23(16-18-27-25(3)13-10-21-29(27,4)5)11-9-12-24(2)20-22-31-28(30)19-17-26-14-7-6-8-15-26/h6-9,11-12,14-20H,10,13,21-22H2,1-5H3/b12-9+,18-16+,19-17+,23-11+,24-20+. The van der Waals surface area contributed by atoms with E-state index in [1.807, 2.05) is 55.5 Å². The summed E-state index contributed by atoms with van der Waals surface area (Å²) in [4.78, 5) is 11.8. The van der Waals surface area contributed by atoms with Crippen LogP contribution in [-0.2, 0) is 9.53 Å². The predicted molar refractivity (Wildman–Crippen MR) is 133 cm³/mol. The van der Waals surface area contributed by atoms with Gasteiger partial charge in [-0.3, -0.25) is 0 Å². The highest BCUT2D eigenvalue weighted by Gasteiger charge is 2.26. The summed E-state index contributed by atoms with van der Waals surface area (Å²) in [5.74, 6) is -0.340. The molecule has 2 heteroatoms. The molecule has 0 unspecified atom stereocenters. The van der Waals surface area contributed by atoms with E-state index in [0.717, 1.165) is 11.1 Å². The van der Waals surface area contributed by atoms with Gasteiger partial charge in [-0.1, -0.05) is 91.3 Å². The van der Waals surface area contributed by atoms with Crippen LogP contribution in [0.1, 0.15) is 59.4 Å². The van der Waals surface area contributed by atoms with Crippen LogP contribution in [0.15, 0.2) is 95.2 Å². The highest BCUT2D eigenvalue weighted by Crippen LogP contribution is 2.40. The van der Waals surface area contributed by atoms with Crippen molar-refractivity contribution < 1.29 is 9.53 Å². The van der Waals surface area contributed by atoms with E-state index in [-0.39, 0.29) is 18.0 Å². The molecule has 1 aliphatic carbocycles. The first kappa shape index (κ1) is 24.4. The first-order valence-corrected chi connectivity index (χ1v) is 11.1. The summed E-state index contributed by atoms with van der Waals surface area (Å²) in [6, 6.07) is 9.70. The van der Waals surface area contributed by atoms with Gasteiger partial charge in [0.25, 0.3) is 0 Å². The van der Waals surface area contributed by atoms with Crippen molar-refractivity contribution in [1.29, 1.82) is 0 Å². The highest BCUT2D eigenvalue weighted by molar-refractivity contribution is 5.87. The Morgan fingerprint density at radius 2 is 1.77 bits per heavy atom. The van der Waals surface area contributed by atoms with E-state index in [1.54, 1.807) is 6.08 Å². The molecule has 164 valence electrons. The van der Waals surface area contributed by atoms with Crippen LogP contribution in [0.4, 0.5) is 0 Å². The number of ether oxygens (including phenoxy) is 1. The number of allylic oxidation sites excluding steroid dienone is 9. The van der Waals surface area contributed by atoms with Gasteiger partial charge in [0.1, 0.15) is 6.61 Å². The van der Waals surface area contributed by atoms with Gasteiger partial charge in [0.15, 0.2) is 0 Å². The van der Waals surface area contributed by atoms with Gasteiger partial charge in [-0.05, 0) is 68.7 Å². The zero-order valence-electron chi connectivity index (χ0n) is 19.7. The summed E-state index contributed by atoms with van der Waals surface area (Å²) in [7, 11) is 0. The molecule has 1 aliphatic rings. The third-order valence-electron chi connectivity index (χ3n) is 5.62. The van der Waals surface area contributed by atoms with Gasteiger partial charge < -0.3 is 4.74 Å². The van der Waals surface area contributed by atoms with Gasteiger partial charge >= 0.3 is 5.97 Å². The summed E-state index contributed by atoms with van der Waals surface area (Å²) in [6.45, 7) is 11.3. The summed E-state index contributed by atoms with van der Waals surface area (Å²) in [6.07, 6.45) is 19.5. The minimum absolute atomic E-state index is 0.263. The number of carbonyl (C=O) groups is 1. The Morgan fingerprint density at radius 3 is 2.48 bits per heavy atom. The van der Waals surface area contributed by atoms with E-state index >= 15 is 0 Å². The first-order valence-electron chi connectivity index (χ1n) is 11.1. The third kappa shape index (κ3) is 8.80. The topological polar surface area (TPSA) is 26.3 Å². The molecule has 0 spiro atoms. The second kappa shape index (κ2) is 12.1. The average molecular weight is 417 g/mol. The molecule has 0 N–H and O–H groups in total. The molecule has 0 bridgehead atoms. The van der Waals surface area contributed by atoms with Crippen LogP contribution in [0.5, 0.6) is 0 Å². The van der Waals surface area contributed by atoms with E-state index in [9.17, 15) is 4.79 Å². The number of hydrogen-bond donors (Lipinski definition) is 0. The number of benzene rings is 1. The molecular formula is C29H36O2. The third-order valence-corrected chi connectivity index (χ3v) is 5.62. The second-order valence-electron chi connectivity index (χ2n) is 8.86. The van der Waals surface area contributed by atoms with Crippen molar-refractivity contribution in [3.8, 4) is 0 Å². The number of esters is 1. The van der Waals surface area contributed by atoms with E-state index in [2.05, 4.69) is 45.9 Å². The van der Waals surface area contributed by atoms with Crippen LogP contribution in [0, 0.1) is 5.41 Å². The molecule has 1 aromatic carbocycles. The van der Waals surface area contributed by atoms with Gasteiger partial charge in [-0.2, -0.15) is 0 Å². The van der Waals surface area contributed by atoms with Crippen LogP contribution < -0.4 is 0 Å². The molecule has 1 aromatic rings. The van der Waals surface area contributed by atoms with E-state index < -0.39 is 0 Å². The molecule has 2 rings (SSSR count). The van der Waals surface area contributed by atoms with Crippen molar-refractivity contribution in [3.05, 3.63) is 101 Å². The minimum Gasteiger partial charge on any atom is -0.458 e. The lowest BCUT2D eigenvalue weighted by Gasteiger charge is -2.32. The Labute approximate surface area is 188 Å². The quantitative estimate of drug-likeness (QED) is 0.246. The molecule has 0 amide bonds. The van der Waals surface area contributed by atoms with Crippen molar-refractivity contribution in [1.82, 2.24) is 0 Å². The van der Waals surface area contributed by atoms with Crippen LogP contribution in [0.25, 0.3) is 6.08 Å². The molecular weight excluding hydrogens is 380 g/mol. The van der Waals surface area contributed by atoms with Gasteiger partial charge in [0, 0.05) is 6.08 Å². The van der Waals surface area contributed by atoms with Gasteiger partial charge in [-0.25, -0.2) is 4.79 Å². The molecule has 0 saturated heterocycles. The largest absolute Gasteiger partial charge is 0.458 e. The molecule has 0 heterocycles. The molecule has 0 radical (unpaired) electrons. The Hall–Kier alpha value is -2.87. The Kier molecular flexibility index (Phi) is 9.52. The maximum absolute atomic E-state index is 11.8. The number of hydrogen-bond acceptors (Lipinski definition) is 2. The zero-order valence-corrected chi connectivity index (χ0v) is 19.7. The Balaban J connectivity index is 1.82. The average Bonchev–Trinajstić information content (AvgIpc) is 2.72. The zero-order chi connectivity index (χ0) is 22.7. The fourth-order valence-electron chi connectivity index (χ4n) is 3.73. The number of carbonyl (C=O) groups excluding carboxylic acids is 1. The Bertz CT molecular complexity index is 919. The fraction of sp³-hybridized carbons (Fsp3) is 0.345. The lowest BCUT2D eigenvalue weighted by atomic mass is 9.72. The molecule has 0 saturated carbocycles. The first-order chi connectivity index (χ1) is 14.8. The van der Waals surface area contributed by atoms with Gasteiger partial charge in [0.05, 0.1) is 0 Å².